The van der Waals surface area contributed by atoms with Crippen LogP contribution in [0.3, 0.4) is 0 Å². The number of rotatable bonds is 4. The van der Waals surface area contributed by atoms with Gasteiger partial charge in [-0.1, -0.05) is 42.8 Å². The number of nitrogens with zero attached hydrogens (tertiary/aromatic N) is 4. The minimum atomic E-state index is -0.317. The van der Waals surface area contributed by atoms with Gasteiger partial charge < -0.3 is 5.32 Å². The van der Waals surface area contributed by atoms with Crippen molar-refractivity contribution < 1.29 is 4.79 Å². The van der Waals surface area contributed by atoms with Gasteiger partial charge >= 0.3 is 0 Å². The number of aromatic nitrogens is 4. The lowest BCUT2D eigenvalue weighted by molar-refractivity contribution is 0.102. The molecule has 4 rings (SSSR count). The van der Waals surface area contributed by atoms with Crippen molar-refractivity contribution in [1.29, 1.82) is 0 Å². The predicted molar refractivity (Wildman–Crippen MR) is 114 cm³/mol. The molecular formula is C22H20ClN5O. The standard InChI is InChI=1S/C22H20ClN5O/c1-4-15-5-11-18(12-6-15)24-22(29)20-14(3)28-21(26-25-20)19(13(2)27-28)16-7-9-17(23)10-8-16/h5-12H,4H2,1-3H3,(H,24,29). The molecule has 1 amide bonds. The second kappa shape index (κ2) is 7.64. The van der Waals surface area contributed by atoms with Crippen molar-refractivity contribution in [3.63, 3.8) is 0 Å². The van der Waals surface area contributed by atoms with E-state index in [0.29, 0.717) is 22.1 Å². The Labute approximate surface area is 173 Å². The molecule has 6 nitrogen and oxygen atoms in total. The van der Waals surface area contributed by atoms with E-state index in [9.17, 15) is 4.79 Å². The van der Waals surface area contributed by atoms with Crippen LogP contribution in [0.5, 0.6) is 0 Å². The number of anilines is 1. The van der Waals surface area contributed by atoms with Gasteiger partial charge in [0, 0.05) is 10.7 Å². The fourth-order valence-electron chi connectivity index (χ4n) is 3.29. The van der Waals surface area contributed by atoms with Crippen LogP contribution in [0.25, 0.3) is 16.8 Å². The number of aryl methyl sites for hydroxylation is 3. The first kappa shape index (κ1) is 19.1. The molecule has 0 bridgehead atoms. The van der Waals surface area contributed by atoms with Gasteiger partial charge in [0.25, 0.3) is 5.91 Å². The SMILES string of the molecule is CCc1ccc(NC(=O)c2nnc3c(-c4ccc(Cl)cc4)c(C)nn3c2C)cc1. The van der Waals surface area contributed by atoms with Crippen molar-refractivity contribution in [2.75, 3.05) is 5.32 Å². The Bertz CT molecular complexity index is 1200. The molecule has 0 radical (unpaired) electrons. The molecule has 0 aliphatic heterocycles. The smallest absolute Gasteiger partial charge is 0.278 e. The van der Waals surface area contributed by atoms with Gasteiger partial charge in [0.1, 0.15) is 0 Å². The Balaban J connectivity index is 1.70. The van der Waals surface area contributed by atoms with E-state index in [1.165, 1.54) is 5.56 Å². The second-order valence-electron chi connectivity index (χ2n) is 6.84. The van der Waals surface area contributed by atoms with Crippen molar-refractivity contribution in [3.8, 4) is 11.1 Å². The summed E-state index contributed by atoms with van der Waals surface area (Å²) in [6.45, 7) is 5.81. The summed E-state index contributed by atoms with van der Waals surface area (Å²) in [6, 6.07) is 15.2. The zero-order valence-corrected chi connectivity index (χ0v) is 17.2. The molecule has 146 valence electrons. The fraction of sp³-hybridized carbons (Fsp3) is 0.182. The molecule has 2 heterocycles. The average molecular weight is 406 g/mol. The molecule has 2 aromatic heterocycles. The van der Waals surface area contributed by atoms with Gasteiger partial charge in [-0.3, -0.25) is 4.79 Å². The topological polar surface area (TPSA) is 72.2 Å². The van der Waals surface area contributed by atoms with Gasteiger partial charge in [-0.25, -0.2) is 4.52 Å². The first-order valence-corrected chi connectivity index (χ1v) is 9.74. The summed E-state index contributed by atoms with van der Waals surface area (Å²) in [6.07, 6.45) is 0.948. The van der Waals surface area contributed by atoms with E-state index in [4.69, 9.17) is 11.6 Å². The molecule has 29 heavy (non-hydrogen) atoms. The molecule has 0 saturated carbocycles. The lowest BCUT2D eigenvalue weighted by Crippen LogP contribution is -2.18. The first-order valence-electron chi connectivity index (χ1n) is 9.36. The number of benzene rings is 2. The lowest BCUT2D eigenvalue weighted by atomic mass is 10.1. The first-order chi connectivity index (χ1) is 14.0. The molecule has 2 aromatic carbocycles. The largest absolute Gasteiger partial charge is 0.321 e. The molecule has 0 unspecified atom stereocenters. The molecule has 0 atom stereocenters. The second-order valence-corrected chi connectivity index (χ2v) is 7.28. The lowest BCUT2D eigenvalue weighted by Gasteiger charge is -2.08. The number of halogens is 1. The van der Waals surface area contributed by atoms with Crippen molar-refractivity contribution in [3.05, 3.63) is 76.2 Å². The maximum absolute atomic E-state index is 12.8. The van der Waals surface area contributed by atoms with E-state index in [1.54, 1.807) is 4.52 Å². The number of amides is 1. The number of carbonyl (C=O) groups excluding carboxylic acids is 1. The third-order valence-corrected chi connectivity index (χ3v) is 5.16. The Kier molecular flexibility index (Phi) is 5.03. The maximum atomic E-state index is 12.8. The molecule has 1 N–H and O–H groups in total. The highest BCUT2D eigenvalue weighted by atomic mass is 35.5. The number of hydrogen-bond acceptors (Lipinski definition) is 4. The molecule has 0 aliphatic carbocycles. The van der Waals surface area contributed by atoms with Gasteiger partial charge in [0.2, 0.25) is 0 Å². The minimum Gasteiger partial charge on any atom is -0.321 e. The van der Waals surface area contributed by atoms with E-state index in [-0.39, 0.29) is 11.6 Å². The Morgan fingerprint density at radius 3 is 2.38 bits per heavy atom. The van der Waals surface area contributed by atoms with Crippen LogP contribution >= 0.6 is 11.6 Å². The molecule has 7 heteroatoms. The van der Waals surface area contributed by atoms with Crippen LogP contribution < -0.4 is 5.32 Å². The number of hydrogen-bond donors (Lipinski definition) is 1. The van der Waals surface area contributed by atoms with Crippen molar-refractivity contribution >= 4 is 28.8 Å². The third kappa shape index (κ3) is 3.59. The quantitative estimate of drug-likeness (QED) is 0.525. The highest BCUT2D eigenvalue weighted by Crippen LogP contribution is 2.28. The summed E-state index contributed by atoms with van der Waals surface area (Å²) in [5, 5.41) is 16.6. The zero-order valence-electron chi connectivity index (χ0n) is 16.4. The Morgan fingerprint density at radius 2 is 1.72 bits per heavy atom. The number of fused-ring (bicyclic) bond motifs is 1. The minimum absolute atomic E-state index is 0.238. The van der Waals surface area contributed by atoms with Crippen LogP contribution in [-0.2, 0) is 6.42 Å². The van der Waals surface area contributed by atoms with E-state index >= 15 is 0 Å². The van der Waals surface area contributed by atoms with Crippen molar-refractivity contribution in [2.45, 2.75) is 27.2 Å². The van der Waals surface area contributed by atoms with E-state index in [2.05, 4.69) is 27.5 Å². The van der Waals surface area contributed by atoms with Gasteiger partial charge in [-0.2, -0.15) is 5.10 Å². The summed E-state index contributed by atoms with van der Waals surface area (Å²) in [5.74, 6) is -0.317. The Morgan fingerprint density at radius 1 is 1.03 bits per heavy atom. The van der Waals surface area contributed by atoms with Crippen molar-refractivity contribution in [2.24, 2.45) is 0 Å². The van der Waals surface area contributed by atoms with Crippen LogP contribution in [0, 0.1) is 13.8 Å². The normalized spacial score (nSPS) is 11.0. The van der Waals surface area contributed by atoms with Gasteiger partial charge in [-0.15, -0.1) is 10.2 Å². The summed E-state index contributed by atoms with van der Waals surface area (Å²) in [4.78, 5) is 12.8. The van der Waals surface area contributed by atoms with Crippen LogP contribution in [0.15, 0.2) is 48.5 Å². The number of carbonyl (C=O) groups is 1. The maximum Gasteiger partial charge on any atom is 0.278 e. The van der Waals surface area contributed by atoms with Crippen LogP contribution in [0.2, 0.25) is 5.02 Å². The highest BCUT2D eigenvalue weighted by molar-refractivity contribution is 6.30. The third-order valence-electron chi connectivity index (χ3n) is 4.91. The summed E-state index contributed by atoms with van der Waals surface area (Å²) < 4.78 is 1.67. The highest BCUT2D eigenvalue weighted by Gasteiger charge is 2.20. The van der Waals surface area contributed by atoms with E-state index in [1.807, 2.05) is 62.4 Å². The molecule has 0 spiro atoms. The van der Waals surface area contributed by atoms with E-state index in [0.717, 1.165) is 23.2 Å². The summed E-state index contributed by atoms with van der Waals surface area (Å²) >= 11 is 6.00. The summed E-state index contributed by atoms with van der Waals surface area (Å²) in [7, 11) is 0. The van der Waals surface area contributed by atoms with Crippen molar-refractivity contribution in [1.82, 2.24) is 19.8 Å². The molecule has 4 aromatic rings. The van der Waals surface area contributed by atoms with Gasteiger partial charge in [0.15, 0.2) is 11.3 Å². The average Bonchev–Trinajstić information content (AvgIpc) is 3.06. The molecule has 0 saturated heterocycles. The summed E-state index contributed by atoms with van der Waals surface area (Å²) in [5.41, 5.74) is 6.02. The molecule has 0 fully saturated rings. The zero-order chi connectivity index (χ0) is 20.5. The van der Waals surface area contributed by atoms with E-state index < -0.39 is 0 Å². The fourth-order valence-corrected chi connectivity index (χ4v) is 3.42. The predicted octanol–water partition coefficient (Wildman–Crippen LogP) is 4.88. The van der Waals surface area contributed by atoms with Gasteiger partial charge in [-0.05, 0) is 55.7 Å². The molecule has 0 aliphatic rings. The van der Waals surface area contributed by atoms with Crippen LogP contribution in [0.4, 0.5) is 5.69 Å². The molecular weight excluding hydrogens is 386 g/mol. The number of nitrogens with one attached hydrogen (secondary N) is 1. The van der Waals surface area contributed by atoms with Crippen LogP contribution in [0.1, 0.15) is 34.4 Å². The Hall–Kier alpha value is -3.25. The van der Waals surface area contributed by atoms with Gasteiger partial charge in [0.05, 0.1) is 17.0 Å². The van der Waals surface area contributed by atoms with Crippen LogP contribution in [-0.4, -0.2) is 25.7 Å². The monoisotopic (exact) mass is 405 g/mol.